The average Bonchev–Trinajstić information content (AvgIpc) is 3.33. The van der Waals surface area contributed by atoms with E-state index in [0.717, 1.165) is 43.1 Å². The van der Waals surface area contributed by atoms with E-state index in [2.05, 4.69) is 70.5 Å². The molecular weight excluding hydrogens is 504 g/mol. The van der Waals surface area contributed by atoms with Gasteiger partial charge in [0.2, 0.25) is 0 Å². The molecule has 0 radical (unpaired) electrons. The Balaban J connectivity index is 1.34. The zero-order chi connectivity index (χ0) is 28.2. The summed E-state index contributed by atoms with van der Waals surface area (Å²) in [5.74, 6) is 0.954. The Hall–Kier alpha value is -3.53. The fourth-order valence-electron chi connectivity index (χ4n) is 5.85. The van der Waals surface area contributed by atoms with E-state index in [1.54, 1.807) is 4.57 Å². The van der Waals surface area contributed by atoms with Gasteiger partial charge in [0.15, 0.2) is 11.2 Å². The molecule has 0 spiro atoms. The van der Waals surface area contributed by atoms with Crippen LogP contribution in [0.1, 0.15) is 36.8 Å². The van der Waals surface area contributed by atoms with Crippen LogP contribution in [0.25, 0.3) is 11.2 Å². The van der Waals surface area contributed by atoms with Gasteiger partial charge in [0.05, 0.1) is 12.6 Å². The fourth-order valence-corrected chi connectivity index (χ4v) is 5.85. The number of aliphatic hydroxyl groups is 1. The van der Waals surface area contributed by atoms with E-state index in [-0.39, 0.29) is 36.4 Å². The Bertz CT molecular complexity index is 1490. The highest BCUT2D eigenvalue weighted by Gasteiger charge is 2.27. The third-order valence-electron chi connectivity index (χ3n) is 7.83. The summed E-state index contributed by atoms with van der Waals surface area (Å²) in [5, 5.41) is 9.80. The monoisotopic (exact) mass is 544 g/mol. The number of rotatable bonds is 10. The van der Waals surface area contributed by atoms with Crippen molar-refractivity contribution in [3.63, 3.8) is 0 Å². The number of piperazine rings is 1. The zero-order valence-electron chi connectivity index (χ0n) is 23.7. The minimum Gasteiger partial charge on any atom is -0.395 e. The number of imidazole rings is 1. The van der Waals surface area contributed by atoms with Gasteiger partial charge >= 0.3 is 5.69 Å². The minimum atomic E-state index is -0.367. The second-order valence-electron chi connectivity index (χ2n) is 11.1. The SMILES string of the molecule is CC(C)Cn1c(=O)n(C)c(=O)c2c1nc(CCN1CCN(C(c3ccccc3)c3ccccc3)CC1)n2CCO. The number of nitrogens with zero attached hydrogens (tertiary/aromatic N) is 6. The molecule has 212 valence electrons. The van der Waals surface area contributed by atoms with E-state index in [4.69, 9.17) is 4.98 Å². The van der Waals surface area contributed by atoms with E-state index in [9.17, 15) is 14.7 Å². The van der Waals surface area contributed by atoms with Crippen LogP contribution in [0.4, 0.5) is 0 Å². The van der Waals surface area contributed by atoms with E-state index in [1.165, 1.54) is 18.2 Å². The van der Waals surface area contributed by atoms with Crippen LogP contribution in [0.15, 0.2) is 70.3 Å². The molecule has 1 aliphatic heterocycles. The van der Waals surface area contributed by atoms with Crippen molar-refractivity contribution in [1.29, 1.82) is 0 Å². The van der Waals surface area contributed by atoms with Crippen LogP contribution in [0.3, 0.4) is 0 Å². The van der Waals surface area contributed by atoms with Crippen LogP contribution in [0.2, 0.25) is 0 Å². The summed E-state index contributed by atoms with van der Waals surface area (Å²) in [7, 11) is 1.51. The molecule has 2 aromatic carbocycles. The summed E-state index contributed by atoms with van der Waals surface area (Å²) < 4.78 is 4.56. The molecule has 1 N–H and O–H groups in total. The molecule has 0 aliphatic carbocycles. The molecule has 3 heterocycles. The molecule has 0 amide bonds. The standard InChI is InChI=1S/C31H40N6O3/c1-23(2)22-37-29-28(30(39)33(3)31(37)40)36(20-21-38)26(32-29)14-15-34-16-18-35(19-17-34)27(24-10-6-4-7-11-24)25-12-8-5-9-13-25/h4-13,23,27,38H,14-22H2,1-3H3. The Labute approximate surface area is 234 Å². The summed E-state index contributed by atoms with van der Waals surface area (Å²) in [6.45, 7) is 9.24. The third kappa shape index (κ3) is 5.68. The van der Waals surface area contributed by atoms with Crippen molar-refractivity contribution in [3.05, 3.63) is 98.5 Å². The molecular formula is C31H40N6O3. The highest BCUT2D eigenvalue weighted by atomic mass is 16.3. The molecule has 0 unspecified atom stereocenters. The largest absolute Gasteiger partial charge is 0.395 e. The quantitative estimate of drug-likeness (QED) is 0.330. The van der Waals surface area contributed by atoms with Crippen LogP contribution in [-0.4, -0.2) is 72.9 Å². The van der Waals surface area contributed by atoms with Crippen LogP contribution in [0.5, 0.6) is 0 Å². The molecule has 4 aromatic rings. The Morgan fingerprint density at radius 2 is 1.45 bits per heavy atom. The van der Waals surface area contributed by atoms with Gasteiger partial charge < -0.3 is 14.6 Å². The normalized spacial score (nSPS) is 15.1. The molecule has 9 nitrogen and oxygen atoms in total. The summed E-state index contributed by atoms with van der Waals surface area (Å²) >= 11 is 0. The molecule has 1 saturated heterocycles. The predicted octanol–water partition coefficient (Wildman–Crippen LogP) is 2.49. The van der Waals surface area contributed by atoms with Crippen LogP contribution in [-0.2, 0) is 26.6 Å². The minimum absolute atomic E-state index is 0.107. The molecule has 1 fully saturated rings. The van der Waals surface area contributed by atoms with E-state index in [0.29, 0.717) is 24.1 Å². The van der Waals surface area contributed by atoms with Crippen molar-refractivity contribution in [3.8, 4) is 0 Å². The zero-order valence-corrected chi connectivity index (χ0v) is 23.7. The molecule has 0 atom stereocenters. The first-order valence-corrected chi connectivity index (χ1v) is 14.2. The fraction of sp³-hybridized carbons (Fsp3) is 0.452. The maximum atomic E-state index is 13.1. The van der Waals surface area contributed by atoms with Crippen LogP contribution >= 0.6 is 0 Å². The van der Waals surface area contributed by atoms with Crippen LogP contribution in [0, 0.1) is 5.92 Å². The first-order chi connectivity index (χ1) is 19.4. The van der Waals surface area contributed by atoms with Gasteiger partial charge in [0.1, 0.15) is 5.82 Å². The van der Waals surface area contributed by atoms with Crippen molar-refractivity contribution >= 4 is 11.2 Å². The van der Waals surface area contributed by atoms with Gasteiger partial charge in [0, 0.05) is 59.3 Å². The van der Waals surface area contributed by atoms with Crippen molar-refractivity contribution in [2.75, 3.05) is 39.3 Å². The van der Waals surface area contributed by atoms with Gasteiger partial charge in [-0.05, 0) is 17.0 Å². The lowest BCUT2D eigenvalue weighted by Crippen LogP contribution is -2.48. The number of hydrogen-bond donors (Lipinski definition) is 1. The van der Waals surface area contributed by atoms with E-state index in [1.807, 2.05) is 18.4 Å². The van der Waals surface area contributed by atoms with Gasteiger partial charge in [-0.2, -0.15) is 0 Å². The Morgan fingerprint density at radius 1 is 0.850 bits per heavy atom. The number of benzene rings is 2. The number of aromatic nitrogens is 4. The maximum Gasteiger partial charge on any atom is 0.332 e. The smallest absolute Gasteiger partial charge is 0.332 e. The van der Waals surface area contributed by atoms with E-state index < -0.39 is 0 Å². The van der Waals surface area contributed by atoms with Gasteiger partial charge in [-0.3, -0.25) is 18.8 Å². The molecule has 40 heavy (non-hydrogen) atoms. The second-order valence-corrected chi connectivity index (χ2v) is 11.1. The first-order valence-electron chi connectivity index (χ1n) is 14.2. The lowest BCUT2D eigenvalue weighted by molar-refractivity contribution is 0.110. The van der Waals surface area contributed by atoms with Crippen molar-refractivity contribution in [2.45, 2.75) is 39.4 Å². The highest BCUT2D eigenvalue weighted by Crippen LogP contribution is 2.29. The Morgan fingerprint density at radius 3 is 2.00 bits per heavy atom. The summed E-state index contributed by atoms with van der Waals surface area (Å²) in [6.07, 6.45) is 0.633. The number of hydrogen-bond acceptors (Lipinski definition) is 6. The maximum absolute atomic E-state index is 13.1. The second kappa shape index (κ2) is 12.3. The summed E-state index contributed by atoms with van der Waals surface area (Å²) in [6, 6.07) is 21.6. The summed E-state index contributed by atoms with van der Waals surface area (Å²) in [4.78, 5) is 35.9. The van der Waals surface area contributed by atoms with Gasteiger partial charge in [-0.1, -0.05) is 74.5 Å². The van der Waals surface area contributed by atoms with Crippen molar-refractivity contribution in [1.82, 2.24) is 28.5 Å². The Kier molecular flexibility index (Phi) is 8.63. The van der Waals surface area contributed by atoms with Crippen LogP contribution < -0.4 is 11.2 Å². The molecule has 0 saturated carbocycles. The third-order valence-corrected chi connectivity index (χ3v) is 7.83. The van der Waals surface area contributed by atoms with Crippen molar-refractivity contribution < 1.29 is 5.11 Å². The molecule has 1 aliphatic rings. The number of fused-ring (bicyclic) bond motifs is 1. The number of aliphatic hydroxyl groups excluding tert-OH is 1. The molecule has 0 bridgehead atoms. The topological polar surface area (TPSA) is 88.5 Å². The lowest BCUT2D eigenvalue weighted by atomic mass is 9.96. The lowest BCUT2D eigenvalue weighted by Gasteiger charge is -2.39. The van der Waals surface area contributed by atoms with Gasteiger partial charge in [-0.25, -0.2) is 9.78 Å². The van der Waals surface area contributed by atoms with Crippen molar-refractivity contribution in [2.24, 2.45) is 13.0 Å². The van der Waals surface area contributed by atoms with Gasteiger partial charge in [-0.15, -0.1) is 0 Å². The van der Waals surface area contributed by atoms with E-state index >= 15 is 0 Å². The highest BCUT2D eigenvalue weighted by molar-refractivity contribution is 5.71. The molecule has 9 heteroatoms. The van der Waals surface area contributed by atoms with Gasteiger partial charge in [0.25, 0.3) is 5.56 Å². The molecule has 5 rings (SSSR count). The average molecular weight is 545 g/mol. The molecule has 2 aromatic heterocycles. The predicted molar refractivity (Wildman–Crippen MR) is 158 cm³/mol. The first kappa shape index (κ1) is 28.0. The summed E-state index contributed by atoms with van der Waals surface area (Å²) in [5.41, 5.74) is 2.69.